The van der Waals surface area contributed by atoms with Gasteiger partial charge in [0.1, 0.15) is 0 Å². The van der Waals surface area contributed by atoms with Gasteiger partial charge in [-0.2, -0.15) is 0 Å². The van der Waals surface area contributed by atoms with Crippen molar-refractivity contribution in [2.24, 2.45) is 0 Å². The van der Waals surface area contributed by atoms with E-state index in [-0.39, 0.29) is 0 Å². The minimum Gasteiger partial charge on any atom is -0.0990 e. The fourth-order valence-electron chi connectivity index (χ4n) is 0.0514. The lowest BCUT2D eigenvalue weighted by molar-refractivity contribution is 1.39. The van der Waals surface area contributed by atoms with Gasteiger partial charge in [-0.25, -0.2) is 0 Å². The topological polar surface area (TPSA) is 0 Å². The highest BCUT2D eigenvalue weighted by atomic mass is 35.5. The van der Waals surface area contributed by atoms with E-state index in [1.165, 1.54) is 5.54 Å². The molecule has 0 N–H and O–H groups in total. The minimum atomic E-state index is 1.06. The first-order chi connectivity index (χ1) is 5.06. The van der Waals surface area contributed by atoms with Crippen molar-refractivity contribution in [3.05, 3.63) is 48.6 Å². The highest BCUT2D eigenvalue weighted by Crippen LogP contribution is 1.98. The van der Waals surface area contributed by atoms with Crippen LogP contribution in [0.15, 0.2) is 48.6 Å². The lowest BCUT2D eigenvalue weighted by atomic mass is 10.2. The van der Waals surface area contributed by atoms with E-state index < -0.39 is 0 Å². The monoisotopic (exact) mass is 170 g/mol. The van der Waals surface area contributed by atoms with E-state index in [4.69, 9.17) is 11.6 Å². The summed E-state index contributed by atoms with van der Waals surface area (Å²) < 4.78 is 0. The summed E-state index contributed by atoms with van der Waals surface area (Å²) >= 11 is 5.05. The number of hydrogen-bond donors (Lipinski definition) is 0. The Labute approximate surface area is 74.6 Å². The van der Waals surface area contributed by atoms with Gasteiger partial charge in [-0.1, -0.05) is 54.6 Å². The summed E-state index contributed by atoms with van der Waals surface area (Å²) in [6.45, 7) is 14.6. The molecule has 0 saturated heterocycles. The van der Waals surface area contributed by atoms with Crippen LogP contribution in [0.1, 0.15) is 13.8 Å². The average molecular weight is 171 g/mol. The molecule has 0 rings (SSSR count). The Balaban J connectivity index is 0. The zero-order chi connectivity index (χ0) is 9.28. The van der Waals surface area contributed by atoms with Crippen LogP contribution in [0, 0.1) is 0 Å². The molecule has 0 bridgehead atoms. The molecule has 0 spiro atoms. The van der Waals surface area contributed by atoms with Gasteiger partial charge in [-0.15, -0.1) is 0 Å². The first kappa shape index (κ1) is 12.9. The van der Waals surface area contributed by atoms with E-state index in [0.29, 0.717) is 0 Å². The van der Waals surface area contributed by atoms with E-state index in [0.717, 1.165) is 11.1 Å². The summed E-state index contributed by atoms with van der Waals surface area (Å²) in [5.74, 6) is 0. The summed E-state index contributed by atoms with van der Waals surface area (Å²) in [6.07, 6.45) is 3.27. The van der Waals surface area contributed by atoms with Crippen LogP contribution in [-0.2, 0) is 0 Å². The Morgan fingerprint density at radius 2 is 1.55 bits per heavy atom. The third kappa shape index (κ3) is 17.6. The summed E-state index contributed by atoms with van der Waals surface area (Å²) in [4.78, 5) is 0. The Kier molecular flexibility index (Phi) is 10.8. The molecule has 0 aromatic carbocycles. The van der Waals surface area contributed by atoms with E-state index >= 15 is 0 Å². The second kappa shape index (κ2) is 9.25. The zero-order valence-corrected chi connectivity index (χ0v) is 7.99. The molecule has 0 aromatic heterocycles. The lowest BCUT2D eigenvalue weighted by Crippen LogP contribution is -1.67. The van der Waals surface area contributed by atoms with Crippen molar-refractivity contribution >= 4 is 11.6 Å². The smallest absolute Gasteiger partial charge is 0.00422 e. The predicted octanol–water partition coefficient (Wildman–Crippen LogP) is 4.06. The van der Waals surface area contributed by atoms with Gasteiger partial charge in [0.25, 0.3) is 0 Å². The fraction of sp³-hybridized carbons (Fsp3) is 0.200. The second-order valence-corrected chi connectivity index (χ2v) is 2.37. The molecule has 1 heteroatoms. The van der Waals surface area contributed by atoms with Gasteiger partial charge in [0.05, 0.1) is 0 Å². The van der Waals surface area contributed by atoms with Gasteiger partial charge in [-0.05, 0) is 13.8 Å². The van der Waals surface area contributed by atoms with E-state index in [1.54, 1.807) is 12.2 Å². The van der Waals surface area contributed by atoms with Crippen LogP contribution in [0.2, 0.25) is 0 Å². The lowest BCUT2D eigenvalue weighted by Gasteiger charge is -1.88. The van der Waals surface area contributed by atoms with Crippen molar-refractivity contribution in [3.63, 3.8) is 0 Å². The molecule has 0 saturated carbocycles. The van der Waals surface area contributed by atoms with Gasteiger partial charge in [0.15, 0.2) is 0 Å². The van der Waals surface area contributed by atoms with Crippen LogP contribution >= 0.6 is 11.6 Å². The molecule has 62 valence electrons. The van der Waals surface area contributed by atoms with Crippen LogP contribution < -0.4 is 0 Å². The molecular formula is C10H15Cl. The molecule has 0 nitrogen and oxygen atoms in total. The standard InChI is InChI=1S/C6H10.C4H5Cl/c1-5(2)6(3)4;1-2-3-4-5/h1,3H2,2,4H3;2-4H,1H2. The van der Waals surface area contributed by atoms with Crippen molar-refractivity contribution in [1.82, 2.24) is 0 Å². The molecule has 0 aromatic rings. The molecule has 0 amide bonds. The normalized spacial score (nSPS) is 8.27. The molecular weight excluding hydrogens is 156 g/mol. The first-order valence-electron chi connectivity index (χ1n) is 3.25. The maximum atomic E-state index is 5.05. The Morgan fingerprint density at radius 3 is 1.55 bits per heavy atom. The maximum absolute atomic E-state index is 5.05. The van der Waals surface area contributed by atoms with E-state index in [1.807, 2.05) is 13.8 Å². The zero-order valence-electron chi connectivity index (χ0n) is 7.23. The molecule has 0 aliphatic rings. The van der Waals surface area contributed by atoms with Crippen LogP contribution in [0.5, 0.6) is 0 Å². The number of halogens is 1. The number of allylic oxidation sites excluding steroid dienone is 4. The molecule has 0 heterocycles. The molecule has 0 radical (unpaired) electrons. The Bertz CT molecular complexity index is 152. The molecule has 0 aliphatic heterocycles. The SMILES string of the molecule is C=C(C)C(=C)C.C=CC=CCl. The van der Waals surface area contributed by atoms with Gasteiger partial charge < -0.3 is 0 Å². The largest absolute Gasteiger partial charge is 0.0990 e. The third-order valence-electron chi connectivity index (χ3n) is 0.937. The Morgan fingerprint density at radius 1 is 1.18 bits per heavy atom. The average Bonchev–Trinajstić information content (AvgIpc) is 1.90. The summed E-state index contributed by atoms with van der Waals surface area (Å²) in [7, 11) is 0. The van der Waals surface area contributed by atoms with Crippen LogP contribution in [-0.4, -0.2) is 0 Å². The maximum Gasteiger partial charge on any atom is 0.00422 e. The van der Waals surface area contributed by atoms with Gasteiger partial charge in [0.2, 0.25) is 0 Å². The summed E-state index contributed by atoms with van der Waals surface area (Å²) in [5.41, 5.74) is 3.54. The first-order valence-corrected chi connectivity index (χ1v) is 3.69. The molecule has 0 fully saturated rings. The second-order valence-electron chi connectivity index (χ2n) is 2.11. The third-order valence-corrected chi connectivity index (χ3v) is 1.08. The van der Waals surface area contributed by atoms with E-state index in [9.17, 15) is 0 Å². The fourth-order valence-corrected chi connectivity index (χ4v) is 0.154. The van der Waals surface area contributed by atoms with E-state index in [2.05, 4.69) is 19.7 Å². The number of rotatable bonds is 2. The van der Waals surface area contributed by atoms with Gasteiger partial charge in [0, 0.05) is 5.54 Å². The predicted molar refractivity (Wildman–Crippen MR) is 54.8 cm³/mol. The quantitative estimate of drug-likeness (QED) is 0.549. The molecule has 0 aliphatic carbocycles. The minimum absolute atomic E-state index is 1.06. The van der Waals surface area contributed by atoms with Crippen molar-refractivity contribution in [2.75, 3.05) is 0 Å². The molecule has 11 heavy (non-hydrogen) atoms. The van der Waals surface area contributed by atoms with Gasteiger partial charge in [-0.3, -0.25) is 0 Å². The summed E-state index contributed by atoms with van der Waals surface area (Å²) in [5, 5.41) is 0. The van der Waals surface area contributed by atoms with Crippen molar-refractivity contribution in [3.8, 4) is 0 Å². The van der Waals surface area contributed by atoms with Gasteiger partial charge >= 0.3 is 0 Å². The van der Waals surface area contributed by atoms with Crippen LogP contribution in [0.3, 0.4) is 0 Å². The summed E-state index contributed by atoms with van der Waals surface area (Å²) in [6, 6.07) is 0. The highest BCUT2D eigenvalue weighted by Gasteiger charge is 1.77. The molecule has 0 unspecified atom stereocenters. The number of hydrogen-bond acceptors (Lipinski definition) is 0. The van der Waals surface area contributed by atoms with Crippen molar-refractivity contribution in [2.45, 2.75) is 13.8 Å². The highest BCUT2D eigenvalue weighted by molar-refractivity contribution is 6.25. The molecule has 0 atom stereocenters. The van der Waals surface area contributed by atoms with Crippen LogP contribution in [0.25, 0.3) is 0 Å². The van der Waals surface area contributed by atoms with Crippen molar-refractivity contribution in [1.29, 1.82) is 0 Å². The Hall–Kier alpha value is -0.750. The van der Waals surface area contributed by atoms with Crippen molar-refractivity contribution < 1.29 is 0 Å². The van der Waals surface area contributed by atoms with Crippen LogP contribution in [0.4, 0.5) is 0 Å².